The van der Waals surface area contributed by atoms with Crippen LogP contribution in [0.1, 0.15) is 12.0 Å². The van der Waals surface area contributed by atoms with E-state index in [1.807, 2.05) is 60.7 Å². The third-order valence-electron chi connectivity index (χ3n) is 4.79. The lowest BCUT2D eigenvalue weighted by Crippen LogP contribution is -2.13. The van der Waals surface area contributed by atoms with E-state index in [1.165, 1.54) is 0 Å². The van der Waals surface area contributed by atoms with Gasteiger partial charge in [0.1, 0.15) is 0 Å². The first-order chi connectivity index (χ1) is 15.6. The van der Waals surface area contributed by atoms with Gasteiger partial charge in [0.25, 0.3) is 0 Å². The fraction of sp³-hybridized carbons (Fsp3) is 0.280. The smallest absolute Gasteiger partial charge is 0.226 e. The molecule has 0 saturated carbocycles. The van der Waals surface area contributed by atoms with E-state index in [-0.39, 0.29) is 5.91 Å². The van der Waals surface area contributed by atoms with Crippen molar-refractivity contribution in [2.45, 2.75) is 12.8 Å². The van der Waals surface area contributed by atoms with Gasteiger partial charge in [0.05, 0.1) is 39.5 Å². The van der Waals surface area contributed by atoms with Crippen LogP contribution in [-0.2, 0) is 16.0 Å². The van der Waals surface area contributed by atoms with Crippen LogP contribution in [0.25, 0.3) is 11.3 Å². The van der Waals surface area contributed by atoms with E-state index in [0.717, 1.165) is 16.8 Å². The third kappa shape index (κ3) is 6.46. The number of aromatic nitrogens is 1. The van der Waals surface area contributed by atoms with Gasteiger partial charge in [-0.15, -0.1) is 0 Å². The second-order valence-corrected chi connectivity index (χ2v) is 7.02. The van der Waals surface area contributed by atoms with Crippen molar-refractivity contribution < 1.29 is 23.7 Å². The van der Waals surface area contributed by atoms with Crippen molar-refractivity contribution in [2.24, 2.45) is 0 Å². The number of pyridine rings is 1. The van der Waals surface area contributed by atoms with Crippen molar-refractivity contribution in [3.05, 3.63) is 66.2 Å². The first-order valence-corrected chi connectivity index (χ1v) is 10.3. The molecule has 168 valence electrons. The molecule has 1 amide bonds. The van der Waals surface area contributed by atoms with Crippen molar-refractivity contribution in [1.82, 2.24) is 4.98 Å². The van der Waals surface area contributed by atoms with Crippen molar-refractivity contribution in [3.63, 3.8) is 0 Å². The second-order valence-electron chi connectivity index (χ2n) is 7.02. The Morgan fingerprint density at radius 2 is 1.72 bits per heavy atom. The van der Waals surface area contributed by atoms with E-state index in [1.54, 1.807) is 21.3 Å². The minimum absolute atomic E-state index is 0.0933. The summed E-state index contributed by atoms with van der Waals surface area (Å²) in [4.78, 5) is 16.5. The number of nitrogens with one attached hydrogen (secondary N) is 1. The molecule has 0 aliphatic heterocycles. The van der Waals surface area contributed by atoms with Crippen LogP contribution < -0.4 is 19.5 Å². The number of carbonyl (C=O) groups excluding carboxylic acids is 1. The molecule has 2 aromatic carbocycles. The fourth-order valence-electron chi connectivity index (χ4n) is 3.14. The number of amides is 1. The van der Waals surface area contributed by atoms with Crippen molar-refractivity contribution in [2.75, 3.05) is 39.9 Å². The van der Waals surface area contributed by atoms with Gasteiger partial charge >= 0.3 is 0 Å². The van der Waals surface area contributed by atoms with Gasteiger partial charge in [-0.2, -0.15) is 0 Å². The number of hydrogen-bond acceptors (Lipinski definition) is 6. The maximum absolute atomic E-state index is 11.9. The number of methoxy groups -OCH3 is 3. The van der Waals surface area contributed by atoms with Crippen LogP contribution in [0.2, 0.25) is 0 Å². The van der Waals surface area contributed by atoms with E-state index in [2.05, 4.69) is 10.3 Å². The molecule has 0 fully saturated rings. The number of anilines is 1. The molecule has 0 saturated heterocycles. The Morgan fingerprint density at radius 1 is 0.906 bits per heavy atom. The molecule has 1 N–H and O–H groups in total. The number of benzene rings is 2. The fourth-order valence-corrected chi connectivity index (χ4v) is 3.14. The molecule has 1 aromatic heterocycles. The molecule has 0 atom stereocenters. The molecule has 0 aliphatic rings. The van der Waals surface area contributed by atoms with Crippen LogP contribution in [0.3, 0.4) is 0 Å². The minimum atomic E-state index is -0.0933. The zero-order chi connectivity index (χ0) is 22.8. The van der Waals surface area contributed by atoms with Gasteiger partial charge in [-0.25, -0.2) is 4.98 Å². The molecular weight excluding hydrogens is 408 g/mol. The Bertz CT molecular complexity index is 1040. The van der Waals surface area contributed by atoms with Crippen molar-refractivity contribution in [3.8, 4) is 28.6 Å². The third-order valence-corrected chi connectivity index (χ3v) is 4.79. The number of hydrogen-bond donors (Lipinski definition) is 1. The van der Waals surface area contributed by atoms with E-state index in [9.17, 15) is 4.79 Å². The summed E-state index contributed by atoms with van der Waals surface area (Å²) < 4.78 is 21.4. The van der Waals surface area contributed by atoms with Crippen LogP contribution in [-0.4, -0.2) is 45.4 Å². The van der Waals surface area contributed by atoms with Crippen LogP contribution in [0, 0.1) is 0 Å². The number of rotatable bonds is 11. The topological polar surface area (TPSA) is 78.9 Å². The van der Waals surface area contributed by atoms with Gasteiger partial charge in [-0.1, -0.05) is 24.3 Å². The van der Waals surface area contributed by atoms with Gasteiger partial charge in [0.2, 0.25) is 11.8 Å². The maximum Gasteiger partial charge on any atom is 0.226 e. The van der Waals surface area contributed by atoms with Gasteiger partial charge in [0, 0.05) is 30.8 Å². The summed E-state index contributed by atoms with van der Waals surface area (Å²) in [6.45, 7) is 0.858. The molecule has 3 aromatic rings. The molecule has 0 radical (unpaired) electrons. The monoisotopic (exact) mass is 436 g/mol. The average Bonchev–Trinajstić information content (AvgIpc) is 2.83. The first kappa shape index (κ1) is 23.1. The summed E-state index contributed by atoms with van der Waals surface area (Å²) in [5, 5.41) is 2.87. The second kappa shape index (κ2) is 11.7. The summed E-state index contributed by atoms with van der Waals surface area (Å²) >= 11 is 0. The number of nitrogens with zero attached hydrogens (tertiary/aromatic N) is 1. The Morgan fingerprint density at radius 3 is 2.50 bits per heavy atom. The summed E-state index contributed by atoms with van der Waals surface area (Å²) in [6, 6.07) is 19.0. The SMILES string of the molecule is COCCC(=O)Nc1cccc(-c2cccc(OCCc3ccc(OC)c(OC)c3)n2)c1. The van der Waals surface area contributed by atoms with E-state index >= 15 is 0 Å². The summed E-state index contributed by atoms with van der Waals surface area (Å²) in [7, 11) is 4.81. The highest BCUT2D eigenvalue weighted by molar-refractivity contribution is 5.91. The van der Waals surface area contributed by atoms with Gasteiger partial charge in [0.15, 0.2) is 11.5 Å². The first-order valence-electron chi connectivity index (χ1n) is 10.3. The molecular formula is C25H28N2O5. The highest BCUT2D eigenvalue weighted by Crippen LogP contribution is 2.28. The molecule has 1 heterocycles. The predicted molar refractivity (Wildman–Crippen MR) is 124 cm³/mol. The van der Waals surface area contributed by atoms with E-state index < -0.39 is 0 Å². The standard InChI is InChI=1S/C25H28N2O5/c1-29-14-13-24(28)26-20-7-4-6-19(17-20)21-8-5-9-25(27-21)32-15-12-18-10-11-22(30-2)23(16-18)31-3/h4-11,16-17H,12-15H2,1-3H3,(H,26,28). The van der Waals surface area contributed by atoms with Gasteiger partial charge in [-0.3, -0.25) is 4.79 Å². The zero-order valence-electron chi connectivity index (χ0n) is 18.6. The molecule has 32 heavy (non-hydrogen) atoms. The number of carbonyl (C=O) groups is 1. The van der Waals surface area contributed by atoms with Crippen LogP contribution in [0.4, 0.5) is 5.69 Å². The summed E-state index contributed by atoms with van der Waals surface area (Å²) in [5.74, 6) is 1.84. The maximum atomic E-state index is 11.9. The Kier molecular flexibility index (Phi) is 8.45. The highest BCUT2D eigenvalue weighted by atomic mass is 16.5. The molecule has 7 heteroatoms. The molecule has 0 bridgehead atoms. The van der Waals surface area contributed by atoms with Crippen LogP contribution in [0.5, 0.6) is 17.4 Å². The molecule has 0 spiro atoms. The Hall–Kier alpha value is -3.58. The molecule has 7 nitrogen and oxygen atoms in total. The lowest BCUT2D eigenvalue weighted by Gasteiger charge is -2.11. The van der Waals surface area contributed by atoms with Crippen LogP contribution >= 0.6 is 0 Å². The van der Waals surface area contributed by atoms with Gasteiger partial charge in [-0.05, 0) is 35.9 Å². The zero-order valence-corrected chi connectivity index (χ0v) is 18.6. The summed E-state index contributed by atoms with van der Waals surface area (Å²) in [5.41, 5.74) is 3.45. The van der Waals surface area contributed by atoms with E-state index in [0.29, 0.717) is 49.1 Å². The molecule has 0 aliphatic carbocycles. The Balaban J connectivity index is 1.62. The van der Waals surface area contributed by atoms with Crippen molar-refractivity contribution in [1.29, 1.82) is 0 Å². The number of ether oxygens (including phenoxy) is 4. The lowest BCUT2D eigenvalue weighted by atomic mass is 10.1. The highest BCUT2D eigenvalue weighted by Gasteiger charge is 2.07. The van der Waals surface area contributed by atoms with E-state index in [4.69, 9.17) is 18.9 Å². The average molecular weight is 437 g/mol. The molecule has 3 rings (SSSR count). The summed E-state index contributed by atoms with van der Waals surface area (Å²) in [6.07, 6.45) is 1.01. The van der Waals surface area contributed by atoms with Crippen LogP contribution in [0.15, 0.2) is 60.7 Å². The van der Waals surface area contributed by atoms with Crippen molar-refractivity contribution >= 4 is 11.6 Å². The lowest BCUT2D eigenvalue weighted by molar-refractivity contribution is -0.117. The quantitative estimate of drug-likeness (QED) is 0.481. The normalized spacial score (nSPS) is 10.5. The largest absolute Gasteiger partial charge is 0.493 e. The molecule has 0 unspecified atom stereocenters. The van der Waals surface area contributed by atoms with Gasteiger partial charge < -0.3 is 24.3 Å². The predicted octanol–water partition coefficient (Wildman–Crippen LogP) is 4.36. The Labute approximate surface area is 188 Å². The minimum Gasteiger partial charge on any atom is -0.493 e.